The van der Waals surface area contributed by atoms with Gasteiger partial charge in [-0.25, -0.2) is 0 Å². The number of ether oxygens (including phenoxy) is 4. The van der Waals surface area contributed by atoms with Gasteiger partial charge in [0, 0.05) is 0 Å². The van der Waals surface area contributed by atoms with Gasteiger partial charge in [0.15, 0.2) is 0 Å². The molecule has 0 saturated carbocycles. The van der Waals surface area contributed by atoms with Gasteiger partial charge in [0.25, 0.3) is 10.1 Å². The maximum Gasteiger partial charge on any atom is 0.297 e. The Labute approximate surface area is 198 Å². The van der Waals surface area contributed by atoms with Crippen molar-refractivity contribution in [2.24, 2.45) is 0 Å². The summed E-state index contributed by atoms with van der Waals surface area (Å²) in [6.45, 7) is 11.6. The van der Waals surface area contributed by atoms with Crippen LogP contribution < -0.4 is 0 Å². The van der Waals surface area contributed by atoms with E-state index in [1.807, 2.05) is 6.92 Å². The third-order valence-electron chi connectivity index (χ3n) is 4.98. The van der Waals surface area contributed by atoms with Gasteiger partial charge >= 0.3 is 0 Å². The van der Waals surface area contributed by atoms with E-state index in [0.29, 0.717) is 46.2 Å². The average molecular weight is 481 g/mol. The summed E-state index contributed by atoms with van der Waals surface area (Å²) in [5, 5.41) is 0. The van der Waals surface area contributed by atoms with E-state index in [-0.39, 0.29) is 18.1 Å². The predicted molar refractivity (Wildman–Crippen MR) is 127 cm³/mol. The van der Waals surface area contributed by atoms with Crippen LogP contribution in [0.25, 0.3) is 0 Å². The lowest BCUT2D eigenvalue weighted by Crippen LogP contribution is -2.15. The third-order valence-corrected chi connectivity index (χ3v) is 6.31. The highest BCUT2D eigenvalue weighted by Crippen LogP contribution is 2.17. The van der Waals surface area contributed by atoms with Crippen LogP contribution in [0.3, 0.4) is 0 Å². The van der Waals surface area contributed by atoms with Gasteiger partial charge in [-0.2, -0.15) is 8.42 Å². The minimum atomic E-state index is -3.75. The zero-order valence-corrected chi connectivity index (χ0v) is 20.9. The number of hydrogen-bond donors (Lipinski definition) is 0. The second-order valence-electron chi connectivity index (χ2n) is 7.86. The van der Waals surface area contributed by atoms with Gasteiger partial charge in [-0.05, 0) is 56.5 Å². The minimum Gasteiger partial charge on any atom is -0.377 e. The lowest BCUT2D eigenvalue weighted by Gasteiger charge is -2.12. The van der Waals surface area contributed by atoms with Crippen molar-refractivity contribution in [3.63, 3.8) is 0 Å². The van der Waals surface area contributed by atoms with Gasteiger partial charge in [-0.1, -0.05) is 35.4 Å². The quantitative estimate of drug-likeness (QED) is 0.266. The van der Waals surface area contributed by atoms with Gasteiger partial charge in [0.2, 0.25) is 0 Å². The highest BCUT2D eigenvalue weighted by molar-refractivity contribution is 7.86. The van der Waals surface area contributed by atoms with Gasteiger partial charge in [0.05, 0.1) is 64.4 Å². The first-order chi connectivity index (χ1) is 15.8. The van der Waals surface area contributed by atoms with E-state index >= 15 is 0 Å². The molecule has 2 aromatic carbocycles. The van der Waals surface area contributed by atoms with E-state index in [2.05, 4.69) is 32.9 Å². The molecule has 0 spiro atoms. The Morgan fingerprint density at radius 3 is 1.58 bits per heavy atom. The normalized spacial score (nSPS) is 11.8. The van der Waals surface area contributed by atoms with Gasteiger partial charge in [-0.3, -0.25) is 4.18 Å². The van der Waals surface area contributed by atoms with Crippen molar-refractivity contribution >= 4 is 10.1 Å². The molecule has 0 fully saturated rings. The molecule has 33 heavy (non-hydrogen) atoms. The van der Waals surface area contributed by atoms with Crippen molar-refractivity contribution in [1.82, 2.24) is 0 Å². The van der Waals surface area contributed by atoms with E-state index in [0.717, 1.165) is 5.56 Å². The predicted octanol–water partition coefficient (Wildman–Crippen LogP) is 3.89. The Balaban J connectivity index is 1.41. The van der Waals surface area contributed by atoms with Crippen molar-refractivity contribution in [2.45, 2.75) is 39.2 Å². The first-order valence-corrected chi connectivity index (χ1v) is 12.5. The highest BCUT2D eigenvalue weighted by Gasteiger charge is 2.14. The smallest absolute Gasteiger partial charge is 0.297 e. The monoisotopic (exact) mass is 480 g/mol. The number of benzene rings is 2. The second kappa shape index (κ2) is 14.5. The zero-order valence-electron chi connectivity index (χ0n) is 20.1. The lowest BCUT2D eigenvalue weighted by atomic mass is 10.0. The summed E-state index contributed by atoms with van der Waals surface area (Å²) in [6, 6.07) is 10.9. The van der Waals surface area contributed by atoms with Crippen LogP contribution in [0.5, 0.6) is 0 Å². The Morgan fingerprint density at radius 2 is 1.06 bits per heavy atom. The van der Waals surface area contributed by atoms with Gasteiger partial charge in [0.1, 0.15) is 0 Å². The summed E-state index contributed by atoms with van der Waals surface area (Å²) < 4.78 is 51.0. The van der Waals surface area contributed by atoms with Crippen molar-refractivity contribution in [3.8, 4) is 0 Å². The molecule has 0 bridgehead atoms. The van der Waals surface area contributed by atoms with Crippen LogP contribution in [0.2, 0.25) is 0 Å². The largest absolute Gasteiger partial charge is 0.377 e. The molecular weight excluding hydrogens is 444 g/mol. The third kappa shape index (κ3) is 10.3. The van der Waals surface area contributed by atoms with Crippen LogP contribution in [0.1, 0.15) is 27.8 Å². The number of hydrogen-bond acceptors (Lipinski definition) is 7. The first kappa shape index (κ1) is 27.4. The van der Waals surface area contributed by atoms with Crippen LogP contribution in [0, 0.1) is 27.7 Å². The van der Waals surface area contributed by atoms with Crippen molar-refractivity contribution in [1.29, 1.82) is 0 Å². The molecule has 184 valence electrons. The number of rotatable bonds is 16. The SMILES string of the molecule is Cc1ccc(S(=O)(=O)OCCOCCOCCOCCOCc2c(C)cc(C)cc2C)cc1. The van der Waals surface area contributed by atoms with Crippen molar-refractivity contribution < 1.29 is 31.5 Å². The molecule has 0 aliphatic heterocycles. The molecule has 2 rings (SSSR count). The fraction of sp³-hybridized carbons (Fsp3) is 0.520. The molecule has 0 saturated heterocycles. The van der Waals surface area contributed by atoms with Crippen molar-refractivity contribution in [3.05, 3.63) is 64.2 Å². The molecule has 2 aromatic rings. The van der Waals surface area contributed by atoms with Crippen LogP contribution >= 0.6 is 0 Å². The second-order valence-corrected chi connectivity index (χ2v) is 9.47. The average Bonchev–Trinajstić information content (AvgIpc) is 2.75. The molecule has 0 aliphatic rings. The highest BCUT2D eigenvalue weighted by atomic mass is 32.2. The summed E-state index contributed by atoms with van der Waals surface area (Å²) >= 11 is 0. The van der Waals surface area contributed by atoms with Gasteiger partial charge < -0.3 is 18.9 Å². The fourth-order valence-electron chi connectivity index (χ4n) is 3.25. The van der Waals surface area contributed by atoms with Crippen molar-refractivity contribution in [2.75, 3.05) is 52.9 Å². The summed E-state index contributed by atoms with van der Waals surface area (Å²) in [6.07, 6.45) is 0. The van der Waals surface area contributed by atoms with E-state index in [1.165, 1.54) is 34.4 Å². The molecule has 0 aliphatic carbocycles. The molecular formula is C25H36O7S. The van der Waals surface area contributed by atoms with E-state index in [4.69, 9.17) is 23.1 Å². The lowest BCUT2D eigenvalue weighted by molar-refractivity contribution is -0.00650. The zero-order chi connectivity index (χ0) is 24.1. The molecule has 0 radical (unpaired) electrons. The molecule has 0 N–H and O–H groups in total. The Hall–Kier alpha value is -1.81. The summed E-state index contributed by atoms with van der Waals surface area (Å²) in [4.78, 5) is 0.141. The summed E-state index contributed by atoms with van der Waals surface area (Å²) in [5.74, 6) is 0. The molecule has 0 heterocycles. The van der Waals surface area contributed by atoms with Crippen LogP contribution in [0.15, 0.2) is 41.3 Å². The van der Waals surface area contributed by atoms with Crippen LogP contribution in [0.4, 0.5) is 0 Å². The summed E-state index contributed by atoms with van der Waals surface area (Å²) in [5.41, 5.74) is 6.00. The number of aryl methyl sites for hydroxylation is 4. The van der Waals surface area contributed by atoms with E-state index in [9.17, 15) is 8.42 Å². The molecule has 0 unspecified atom stereocenters. The van der Waals surface area contributed by atoms with Crippen LogP contribution in [-0.2, 0) is 39.9 Å². The molecule has 8 heteroatoms. The van der Waals surface area contributed by atoms with Crippen LogP contribution in [-0.4, -0.2) is 61.3 Å². The Bertz CT molecular complexity index is 917. The molecule has 0 aromatic heterocycles. The standard InChI is InChI=1S/C25H36O7S/c1-20-5-7-24(8-6-20)33(26,27)32-16-15-30-12-11-28-9-10-29-13-14-31-19-25-22(3)17-21(2)18-23(25)4/h5-8,17-18H,9-16,19H2,1-4H3. The fourth-order valence-corrected chi connectivity index (χ4v) is 4.14. The maximum absolute atomic E-state index is 12.0. The topological polar surface area (TPSA) is 80.3 Å². The van der Waals surface area contributed by atoms with E-state index in [1.54, 1.807) is 12.1 Å². The Kier molecular flexibility index (Phi) is 12.0. The molecule has 0 amide bonds. The Morgan fingerprint density at radius 1 is 0.606 bits per heavy atom. The van der Waals surface area contributed by atoms with Gasteiger partial charge in [-0.15, -0.1) is 0 Å². The summed E-state index contributed by atoms with van der Waals surface area (Å²) in [7, 11) is -3.75. The first-order valence-electron chi connectivity index (χ1n) is 11.1. The van der Waals surface area contributed by atoms with E-state index < -0.39 is 10.1 Å². The molecule has 7 nitrogen and oxygen atoms in total. The molecule has 0 atom stereocenters. The minimum absolute atomic E-state index is 0.0407. The maximum atomic E-state index is 12.0.